The normalized spacial score (nSPS) is 9.80. The lowest BCUT2D eigenvalue weighted by Crippen LogP contribution is -1.98. The van der Waals surface area contributed by atoms with Crippen LogP contribution in [-0.4, -0.2) is 9.55 Å². The maximum atomic E-state index is 8.53. The van der Waals surface area contributed by atoms with Crippen LogP contribution in [0.3, 0.4) is 0 Å². The van der Waals surface area contributed by atoms with Crippen molar-refractivity contribution in [2.24, 2.45) is 0 Å². The number of hydrogen-bond donors (Lipinski definition) is 0. The average molecular weight is 135 g/mol. The van der Waals surface area contributed by atoms with Gasteiger partial charge in [-0.25, -0.2) is 9.55 Å². The lowest BCUT2D eigenvalue weighted by Gasteiger charge is -2.00. The molecule has 1 aromatic heterocycles. The van der Waals surface area contributed by atoms with E-state index in [0.29, 0.717) is 5.92 Å². The molecule has 0 atom stereocenters. The molecule has 0 saturated carbocycles. The van der Waals surface area contributed by atoms with Gasteiger partial charge in [-0.2, -0.15) is 5.26 Å². The van der Waals surface area contributed by atoms with E-state index in [1.165, 1.54) is 4.57 Å². The minimum atomic E-state index is 0.314. The molecule has 0 amide bonds. The minimum absolute atomic E-state index is 0.314. The summed E-state index contributed by atoms with van der Waals surface area (Å²) in [6.07, 6.45) is 5.31. The molecule has 52 valence electrons. The van der Waals surface area contributed by atoms with Gasteiger partial charge in [0, 0.05) is 18.3 Å². The van der Waals surface area contributed by atoms with Gasteiger partial charge in [-0.1, -0.05) is 13.8 Å². The van der Waals surface area contributed by atoms with Gasteiger partial charge in [0.05, 0.1) is 0 Å². The quantitative estimate of drug-likeness (QED) is 0.583. The highest BCUT2D eigenvalue weighted by molar-refractivity contribution is 5.03. The van der Waals surface area contributed by atoms with E-state index in [1.807, 2.05) is 20.0 Å². The first kappa shape index (κ1) is 6.81. The Morgan fingerprint density at radius 3 is 2.80 bits per heavy atom. The molecule has 0 aliphatic carbocycles. The molecule has 0 aromatic carbocycles. The van der Waals surface area contributed by atoms with Gasteiger partial charge < -0.3 is 0 Å². The molecule has 0 radical (unpaired) electrons. The Hall–Kier alpha value is -1.30. The molecule has 0 aliphatic heterocycles. The van der Waals surface area contributed by atoms with Gasteiger partial charge in [-0.05, 0) is 0 Å². The Labute approximate surface area is 59.9 Å². The molecule has 0 fully saturated rings. The molecule has 1 heterocycles. The van der Waals surface area contributed by atoms with Gasteiger partial charge in [0.1, 0.15) is 5.82 Å². The third-order valence-corrected chi connectivity index (χ3v) is 1.29. The SMILES string of the molecule is CC(C)c1nccn1C#N. The summed E-state index contributed by atoms with van der Waals surface area (Å²) in [7, 11) is 0. The predicted octanol–water partition coefficient (Wildman–Crippen LogP) is 1.34. The predicted molar refractivity (Wildman–Crippen MR) is 37.3 cm³/mol. The molecule has 3 heteroatoms. The van der Waals surface area contributed by atoms with Gasteiger partial charge in [0.2, 0.25) is 0 Å². The van der Waals surface area contributed by atoms with E-state index in [9.17, 15) is 0 Å². The number of rotatable bonds is 1. The summed E-state index contributed by atoms with van der Waals surface area (Å²) < 4.78 is 1.48. The highest BCUT2D eigenvalue weighted by Crippen LogP contribution is 2.09. The fraction of sp³-hybridized carbons (Fsp3) is 0.429. The van der Waals surface area contributed by atoms with E-state index in [2.05, 4.69) is 4.98 Å². The zero-order valence-electron chi connectivity index (χ0n) is 6.07. The monoisotopic (exact) mass is 135 g/mol. The molecule has 0 aliphatic rings. The number of nitriles is 1. The summed E-state index contributed by atoms with van der Waals surface area (Å²) in [6, 6.07) is 0. The van der Waals surface area contributed by atoms with Crippen molar-refractivity contribution in [2.45, 2.75) is 19.8 Å². The number of aromatic nitrogens is 2. The third kappa shape index (κ3) is 1.01. The van der Waals surface area contributed by atoms with E-state index >= 15 is 0 Å². The largest absolute Gasteiger partial charge is 0.240 e. The van der Waals surface area contributed by atoms with Crippen molar-refractivity contribution in [2.75, 3.05) is 0 Å². The fourth-order valence-corrected chi connectivity index (χ4v) is 0.827. The maximum absolute atomic E-state index is 8.53. The molecule has 3 nitrogen and oxygen atoms in total. The van der Waals surface area contributed by atoms with Crippen LogP contribution >= 0.6 is 0 Å². The van der Waals surface area contributed by atoms with Crippen molar-refractivity contribution in [1.82, 2.24) is 9.55 Å². The molecule has 1 aromatic rings. The maximum Gasteiger partial charge on any atom is 0.189 e. The van der Waals surface area contributed by atoms with Crippen molar-refractivity contribution < 1.29 is 0 Å². The van der Waals surface area contributed by atoms with Gasteiger partial charge in [0.25, 0.3) is 0 Å². The van der Waals surface area contributed by atoms with Crippen molar-refractivity contribution in [1.29, 1.82) is 5.26 Å². The van der Waals surface area contributed by atoms with Crippen molar-refractivity contribution in [3.05, 3.63) is 18.2 Å². The topological polar surface area (TPSA) is 41.6 Å². The first-order valence-corrected chi connectivity index (χ1v) is 3.19. The molecular formula is C7H9N3. The van der Waals surface area contributed by atoms with E-state index in [4.69, 9.17) is 5.26 Å². The summed E-state index contributed by atoms with van der Waals surface area (Å²) in [5.74, 6) is 1.14. The third-order valence-electron chi connectivity index (χ3n) is 1.29. The molecule has 0 unspecified atom stereocenters. The van der Waals surface area contributed by atoms with E-state index < -0.39 is 0 Å². The van der Waals surface area contributed by atoms with Crippen LogP contribution in [0.4, 0.5) is 0 Å². The summed E-state index contributed by atoms with van der Waals surface area (Å²) in [4.78, 5) is 4.03. The van der Waals surface area contributed by atoms with E-state index in [1.54, 1.807) is 12.4 Å². The van der Waals surface area contributed by atoms with Crippen LogP contribution < -0.4 is 0 Å². The Bertz CT molecular complexity index is 254. The second kappa shape index (κ2) is 2.53. The molecule has 10 heavy (non-hydrogen) atoms. The summed E-state index contributed by atoms with van der Waals surface area (Å²) in [5, 5.41) is 8.53. The zero-order chi connectivity index (χ0) is 7.56. The van der Waals surface area contributed by atoms with Crippen LogP contribution in [0.15, 0.2) is 12.4 Å². The van der Waals surface area contributed by atoms with Crippen molar-refractivity contribution in [3.8, 4) is 6.19 Å². The summed E-state index contributed by atoms with van der Waals surface area (Å²) in [5.41, 5.74) is 0. The van der Waals surface area contributed by atoms with Gasteiger partial charge in [0.15, 0.2) is 6.19 Å². The van der Waals surface area contributed by atoms with Crippen LogP contribution in [0.25, 0.3) is 0 Å². The highest BCUT2D eigenvalue weighted by atomic mass is 15.1. The molecule has 0 bridgehead atoms. The Balaban J connectivity index is 3.05. The van der Waals surface area contributed by atoms with Crippen LogP contribution in [0.2, 0.25) is 0 Å². The summed E-state index contributed by atoms with van der Waals surface area (Å²) >= 11 is 0. The van der Waals surface area contributed by atoms with E-state index in [0.717, 1.165) is 5.82 Å². The smallest absolute Gasteiger partial charge is 0.189 e. The molecule has 0 N–H and O–H groups in total. The molecular weight excluding hydrogens is 126 g/mol. The van der Waals surface area contributed by atoms with Crippen LogP contribution in [-0.2, 0) is 0 Å². The first-order valence-electron chi connectivity index (χ1n) is 3.19. The lowest BCUT2D eigenvalue weighted by molar-refractivity contribution is 0.757. The van der Waals surface area contributed by atoms with E-state index in [-0.39, 0.29) is 0 Å². The zero-order valence-corrected chi connectivity index (χ0v) is 6.07. The summed E-state index contributed by atoms with van der Waals surface area (Å²) in [6.45, 7) is 4.02. The Morgan fingerprint density at radius 1 is 1.70 bits per heavy atom. The number of nitrogens with zero attached hydrogens (tertiary/aromatic N) is 3. The lowest BCUT2D eigenvalue weighted by atomic mass is 10.2. The van der Waals surface area contributed by atoms with Crippen molar-refractivity contribution >= 4 is 0 Å². The van der Waals surface area contributed by atoms with Crippen LogP contribution in [0, 0.1) is 11.5 Å². The number of hydrogen-bond acceptors (Lipinski definition) is 2. The first-order chi connectivity index (χ1) is 4.75. The van der Waals surface area contributed by atoms with Gasteiger partial charge in [-0.15, -0.1) is 0 Å². The molecule has 0 saturated heterocycles. The van der Waals surface area contributed by atoms with Crippen LogP contribution in [0.1, 0.15) is 25.6 Å². The van der Waals surface area contributed by atoms with Crippen molar-refractivity contribution in [3.63, 3.8) is 0 Å². The van der Waals surface area contributed by atoms with Gasteiger partial charge >= 0.3 is 0 Å². The van der Waals surface area contributed by atoms with Gasteiger partial charge in [-0.3, -0.25) is 0 Å². The second-order valence-electron chi connectivity index (χ2n) is 2.41. The fourth-order valence-electron chi connectivity index (χ4n) is 0.827. The second-order valence-corrected chi connectivity index (χ2v) is 2.41. The highest BCUT2D eigenvalue weighted by Gasteiger charge is 2.04. The number of imidazole rings is 1. The average Bonchev–Trinajstić information content (AvgIpc) is 2.33. The van der Waals surface area contributed by atoms with Crippen LogP contribution in [0.5, 0.6) is 0 Å². The Morgan fingerprint density at radius 2 is 2.40 bits per heavy atom. The Kier molecular flexibility index (Phi) is 1.72. The standard InChI is InChI=1S/C7H9N3/c1-6(2)7-9-3-4-10(7)5-8/h3-4,6H,1-2H3. The molecule has 1 rings (SSSR count). The molecule has 0 spiro atoms. The minimum Gasteiger partial charge on any atom is -0.240 e.